The molecule has 0 saturated carbocycles. The van der Waals surface area contributed by atoms with Crippen molar-refractivity contribution in [3.8, 4) is 0 Å². The molecule has 3 aliphatic heterocycles. The van der Waals surface area contributed by atoms with Crippen molar-refractivity contribution in [1.82, 2.24) is 0 Å². The Morgan fingerprint density at radius 3 is 2.13 bits per heavy atom. The molecule has 0 amide bonds. The summed E-state index contributed by atoms with van der Waals surface area (Å²) in [5, 5.41) is 11.6. The van der Waals surface area contributed by atoms with Crippen molar-refractivity contribution in [2.75, 3.05) is 6.61 Å². The summed E-state index contributed by atoms with van der Waals surface area (Å²) in [6.07, 6.45) is -1.90. The van der Waals surface area contributed by atoms with Crippen molar-refractivity contribution in [2.45, 2.75) is 95.2 Å². The lowest BCUT2D eigenvalue weighted by Gasteiger charge is -2.39. The highest BCUT2D eigenvalue weighted by Gasteiger charge is 2.66. The van der Waals surface area contributed by atoms with E-state index in [9.17, 15) is 5.11 Å². The van der Waals surface area contributed by atoms with Crippen LogP contribution in [-0.4, -0.2) is 61.6 Å². The summed E-state index contributed by atoms with van der Waals surface area (Å²) < 4.78 is 29.5. The number of ether oxygens (including phenoxy) is 5. The van der Waals surface area contributed by atoms with Gasteiger partial charge in [-0.05, 0) is 33.7 Å². The number of hydrogen-bond acceptors (Lipinski definition) is 6. The first kappa shape index (κ1) is 17.8. The van der Waals surface area contributed by atoms with Crippen LogP contribution in [0.5, 0.6) is 0 Å². The van der Waals surface area contributed by atoms with Crippen LogP contribution in [-0.2, 0) is 23.7 Å². The first-order valence-electron chi connectivity index (χ1n) is 8.37. The topological polar surface area (TPSA) is 66.4 Å². The summed E-state index contributed by atoms with van der Waals surface area (Å²) in [4.78, 5) is 0. The maximum absolute atomic E-state index is 11.6. The van der Waals surface area contributed by atoms with Gasteiger partial charge >= 0.3 is 0 Å². The lowest BCUT2D eigenvalue weighted by Crippen LogP contribution is -2.56. The minimum Gasteiger partial charge on any atom is -0.384 e. The van der Waals surface area contributed by atoms with E-state index < -0.39 is 43.7 Å². The molecule has 0 aliphatic carbocycles. The van der Waals surface area contributed by atoms with Gasteiger partial charge in [-0.3, -0.25) is 0 Å². The Morgan fingerprint density at radius 2 is 1.61 bits per heavy atom. The largest absolute Gasteiger partial charge is 0.384 e. The van der Waals surface area contributed by atoms with Gasteiger partial charge in [0.2, 0.25) is 0 Å². The van der Waals surface area contributed by atoms with Crippen LogP contribution in [0.15, 0.2) is 0 Å². The Balaban J connectivity index is 1.87. The highest BCUT2D eigenvalue weighted by molar-refractivity contribution is 6.76. The standard InChI is InChI=1S/C16H30O6Si/c1-14(2)18-8-10(20-14)11-16(17,9-23(5,6)7)12-13(19-11)22-15(3,4)21-12/h10-13,17H,8-9H2,1-7H3/t10-,11-,12+,13-,16-/m1/s1. The van der Waals surface area contributed by atoms with Crippen molar-refractivity contribution in [3.63, 3.8) is 0 Å². The molecule has 3 rings (SSSR count). The van der Waals surface area contributed by atoms with Crippen molar-refractivity contribution < 1.29 is 28.8 Å². The molecule has 23 heavy (non-hydrogen) atoms. The third kappa shape index (κ3) is 3.38. The highest BCUT2D eigenvalue weighted by atomic mass is 28.3. The van der Waals surface area contributed by atoms with Crippen LogP contribution in [0, 0.1) is 0 Å². The van der Waals surface area contributed by atoms with Gasteiger partial charge < -0.3 is 28.8 Å². The average molecular weight is 346 g/mol. The van der Waals surface area contributed by atoms with Gasteiger partial charge in [-0.15, -0.1) is 0 Å². The summed E-state index contributed by atoms with van der Waals surface area (Å²) in [5.74, 6) is -1.41. The quantitative estimate of drug-likeness (QED) is 0.789. The molecular formula is C16H30O6Si. The average Bonchev–Trinajstić information content (AvgIpc) is 2.89. The number of fused-ring (bicyclic) bond motifs is 1. The summed E-state index contributed by atoms with van der Waals surface area (Å²) in [7, 11) is -1.59. The van der Waals surface area contributed by atoms with E-state index in [-0.39, 0.29) is 6.10 Å². The fourth-order valence-corrected chi connectivity index (χ4v) is 6.02. The molecule has 3 aliphatic rings. The lowest BCUT2D eigenvalue weighted by atomic mass is 9.91. The molecule has 3 heterocycles. The maximum atomic E-state index is 11.6. The predicted octanol–water partition coefficient (Wildman–Crippen LogP) is 2.08. The van der Waals surface area contributed by atoms with E-state index in [1.54, 1.807) is 0 Å². The van der Waals surface area contributed by atoms with Gasteiger partial charge in [0.05, 0.1) is 6.61 Å². The fourth-order valence-electron chi connectivity index (χ4n) is 3.92. The molecule has 0 bridgehead atoms. The number of rotatable bonds is 3. The molecule has 0 spiro atoms. The molecular weight excluding hydrogens is 316 g/mol. The zero-order chi connectivity index (χ0) is 17.3. The Kier molecular flexibility index (Phi) is 4.05. The molecule has 5 atom stereocenters. The molecule has 134 valence electrons. The maximum Gasteiger partial charge on any atom is 0.190 e. The minimum absolute atomic E-state index is 0.327. The second-order valence-electron chi connectivity index (χ2n) is 9.08. The molecule has 0 aromatic carbocycles. The van der Waals surface area contributed by atoms with E-state index in [1.165, 1.54) is 0 Å². The van der Waals surface area contributed by atoms with E-state index in [4.69, 9.17) is 23.7 Å². The van der Waals surface area contributed by atoms with Crippen LogP contribution in [0.25, 0.3) is 0 Å². The van der Waals surface area contributed by atoms with E-state index in [1.807, 2.05) is 27.7 Å². The van der Waals surface area contributed by atoms with Gasteiger partial charge in [0, 0.05) is 8.07 Å². The normalized spacial score (nSPS) is 45.4. The summed E-state index contributed by atoms with van der Waals surface area (Å²) in [6, 6.07) is 0.658. The third-order valence-electron chi connectivity index (χ3n) is 4.51. The van der Waals surface area contributed by atoms with E-state index >= 15 is 0 Å². The number of aliphatic hydroxyl groups is 1. The van der Waals surface area contributed by atoms with E-state index in [2.05, 4.69) is 19.6 Å². The smallest absolute Gasteiger partial charge is 0.190 e. The van der Waals surface area contributed by atoms with Gasteiger partial charge in [0.15, 0.2) is 17.9 Å². The van der Waals surface area contributed by atoms with Crippen LogP contribution < -0.4 is 0 Å². The van der Waals surface area contributed by atoms with E-state index in [0.29, 0.717) is 12.7 Å². The van der Waals surface area contributed by atoms with Crippen molar-refractivity contribution in [3.05, 3.63) is 0 Å². The third-order valence-corrected chi connectivity index (χ3v) is 6.13. The Labute approximate surface area is 139 Å². The van der Waals surface area contributed by atoms with Gasteiger partial charge in [-0.2, -0.15) is 0 Å². The SMILES string of the molecule is CC1(C)OC[C@H]([C@H]2O[C@@H]3OC(C)(C)O[C@@H]3[C@@]2(O)C[Si](C)(C)C)O1. The molecule has 3 saturated heterocycles. The van der Waals surface area contributed by atoms with Crippen molar-refractivity contribution in [2.24, 2.45) is 0 Å². The summed E-state index contributed by atoms with van der Waals surface area (Å²) in [5.41, 5.74) is -1.13. The zero-order valence-electron chi connectivity index (χ0n) is 15.2. The number of hydrogen-bond donors (Lipinski definition) is 1. The van der Waals surface area contributed by atoms with Crippen molar-refractivity contribution >= 4 is 8.07 Å². The molecule has 6 nitrogen and oxygen atoms in total. The zero-order valence-corrected chi connectivity index (χ0v) is 16.2. The molecule has 0 aromatic heterocycles. The van der Waals surface area contributed by atoms with Crippen LogP contribution >= 0.6 is 0 Å². The molecule has 0 aromatic rings. The minimum atomic E-state index is -1.59. The first-order chi connectivity index (χ1) is 10.3. The molecule has 1 N–H and O–H groups in total. The van der Waals surface area contributed by atoms with Crippen LogP contribution in [0.2, 0.25) is 25.7 Å². The van der Waals surface area contributed by atoms with Gasteiger partial charge in [-0.1, -0.05) is 19.6 Å². The fraction of sp³-hybridized carbons (Fsp3) is 1.00. The lowest BCUT2D eigenvalue weighted by molar-refractivity contribution is -0.245. The van der Waals surface area contributed by atoms with Gasteiger partial charge in [0.25, 0.3) is 0 Å². The monoisotopic (exact) mass is 346 g/mol. The Hall–Kier alpha value is -0.0231. The van der Waals surface area contributed by atoms with E-state index in [0.717, 1.165) is 0 Å². The highest BCUT2D eigenvalue weighted by Crippen LogP contribution is 2.48. The molecule has 0 radical (unpaired) electrons. The second kappa shape index (κ2) is 5.24. The summed E-state index contributed by atoms with van der Waals surface area (Å²) in [6.45, 7) is 14.5. The first-order valence-corrected chi connectivity index (χ1v) is 12.1. The van der Waals surface area contributed by atoms with Crippen LogP contribution in [0.3, 0.4) is 0 Å². The predicted molar refractivity (Wildman–Crippen MR) is 86.7 cm³/mol. The summed E-state index contributed by atoms with van der Waals surface area (Å²) >= 11 is 0. The Bertz CT molecular complexity index is 474. The Morgan fingerprint density at radius 1 is 0.957 bits per heavy atom. The van der Waals surface area contributed by atoms with Crippen molar-refractivity contribution in [1.29, 1.82) is 0 Å². The second-order valence-corrected chi connectivity index (χ2v) is 14.6. The molecule has 3 fully saturated rings. The van der Waals surface area contributed by atoms with Crippen LogP contribution in [0.4, 0.5) is 0 Å². The van der Waals surface area contributed by atoms with Crippen LogP contribution in [0.1, 0.15) is 27.7 Å². The van der Waals surface area contributed by atoms with Gasteiger partial charge in [-0.25, -0.2) is 0 Å². The van der Waals surface area contributed by atoms with Gasteiger partial charge in [0.1, 0.15) is 23.9 Å². The molecule has 7 heteroatoms. The molecule has 0 unspecified atom stereocenters.